The molecule has 0 spiro atoms. The van der Waals surface area contributed by atoms with Crippen LogP contribution in [0.3, 0.4) is 0 Å². The fourth-order valence-corrected chi connectivity index (χ4v) is 3.54. The summed E-state index contributed by atoms with van der Waals surface area (Å²) in [5.41, 5.74) is 5.00. The Hall–Kier alpha value is -2.22. The van der Waals surface area contributed by atoms with E-state index in [1.54, 1.807) is 5.51 Å². The maximum atomic E-state index is 11.9. The molecule has 26 heavy (non-hydrogen) atoms. The molecule has 0 aliphatic carbocycles. The van der Waals surface area contributed by atoms with Gasteiger partial charge in [0, 0.05) is 6.54 Å². The van der Waals surface area contributed by atoms with Gasteiger partial charge in [0.2, 0.25) is 5.91 Å². The number of benzene rings is 2. The van der Waals surface area contributed by atoms with E-state index in [9.17, 15) is 4.79 Å². The van der Waals surface area contributed by atoms with Crippen molar-refractivity contribution in [3.05, 3.63) is 76.8 Å². The Kier molecular flexibility index (Phi) is 7.18. The Morgan fingerprint density at radius 3 is 2.38 bits per heavy atom. The molecule has 0 unspecified atom stereocenters. The summed E-state index contributed by atoms with van der Waals surface area (Å²) in [4.78, 5) is 11.9. The minimum atomic E-state index is -0.0135. The molecule has 134 valence electrons. The largest absolute Gasteiger partial charge is 0.372 e. The van der Waals surface area contributed by atoms with E-state index >= 15 is 0 Å². The molecule has 3 aromatic rings. The summed E-state index contributed by atoms with van der Waals surface area (Å²) in [6, 6.07) is 18.2. The lowest BCUT2D eigenvalue weighted by atomic mass is 10.1. The average Bonchev–Trinajstić information content (AvgIpc) is 3.20. The summed E-state index contributed by atoms with van der Waals surface area (Å²) < 4.78 is 6.53. The van der Waals surface area contributed by atoms with Crippen molar-refractivity contribution in [1.82, 2.24) is 15.5 Å². The number of nitrogens with one attached hydrogen (secondary N) is 1. The van der Waals surface area contributed by atoms with Crippen LogP contribution in [0.1, 0.15) is 16.7 Å². The summed E-state index contributed by atoms with van der Waals surface area (Å²) in [7, 11) is 0. The molecule has 1 heterocycles. The maximum absolute atomic E-state index is 11.9. The van der Waals surface area contributed by atoms with Crippen LogP contribution in [-0.2, 0) is 29.3 Å². The number of nitrogens with zero attached hydrogens (tertiary/aromatic N) is 2. The third-order valence-electron chi connectivity index (χ3n) is 3.56. The van der Waals surface area contributed by atoms with E-state index < -0.39 is 0 Å². The van der Waals surface area contributed by atoms with Crippen LogP contribution in [0.25, 0.3) is 0 Å². The lowest BCUT2D eigenvalue weighted by Crippen LogP contribution is -2.24. The van der Waals surface area contributed by atoms with Crippen LogP contribution < -0.4 is 5.32 Å². The smallest absolute Gasteiger partial charge is 0.230 e. The van der Waals surface area contributed by atoms with Crippen LogP contribution in [0.4, 0.5) is 0 Å². The molecule has 0 saturated carbocycles. The number of hydrogen-bond acceptors (Lipinski definition) is 6. The first-order chi connectivity index (χ1) is 12.8. The predicted octanol–water partition coefficient (Wildman–Crippen LogP) is 3.66. The van der Waals surface area contributed by atoms with Crippen LogP contribution in [0, 0.1) is 0 Å². The van der Waals surface area contributed by atoms with Gasteiger partial charge in [-0.3, -0.25) is 4.79 Å². The molecule has 0 bridgehead atoms. The summed E-state index contributed by atoms with van der Waals surface area (Å²) in [5.74, 6) is 0.334. The molecule has 1 amide bonds. The minimum Gasteiger partial charge on any atom is -0.372 e. The zero-order valence-electron chi connectivity index (χ0n) is 14.1. The van der Waals surface area contributed by atoms with Crippen LogP contribution >= 0.6 is 23.1 Å². The van der Waals surface area contributed by atoms with Gasteiger partial charge in [-0.05, 0) is 16.7 Å². The molecule has 0 aliphatic rings. The molecule has 0 saturated heterocycles. The Morgan fingerprint density at radius 2 is 1.69 bits per heavy atom. The summed E-state index contributed by atoms with van der Waals surface area (Å²) in [5, 5.41) is 10.6. The van der Waals surface area contributed by atoms with Gasteiger partial charge in [0.1, 0.15) is 5.51 Å². The monoisotopic (exact) mass is 385 g/mol. The Bertz CT molecular complexity index is 793. The molecular formula is C19H19N3O2S2. The fourth-order valence-electron chi connectivity index (χ4n) is 2.22. The zero-order chi connectivity index (χ0) is 18.0. The van der Waals surface area contributed by atoms with E-state index in [0.717, 1.165) is 15.5 Å². The number of aromatic nitrogens is 2. The van der Waals surface area contributed by atoms with Gasteiger partial charge in [0.05, 0.1) is 19.0 Å². The zero-order valence-corrected chi connectivity index (χ0v) is 15.8. The lowest BCUT2D eigenvalue weighted by Gasteiger charge is -2.07. The van der Waals surface area contributed by atoms with Crippen molar-refractivity contribution in [3.63, 3.8) is 0 Å². The van der Waals surface area contributed by atoms with E-state index in [1.165, 1.54) is 28.7 Å². The molecule has 0 atom stereocenters. The molecule has 0 fully saturated rings. The van der Waals surface area contributed by atoms with Crippen LogP contribution in [0.5, 0.6) is 0 Å². The molecule has 0 radical (unpaired) electrons. The van der Waals surface area contributed by atoms with Gasteiger partial charge >= 0.3 is 0 Å². The van der Waals surface area contributed by atoms with E-state index in [-0.39, 0.29) is 5.91 Å². The van der Waals surface area contributed by atoms with Gasteiger partial charge in [-0.15, -0.1) is 10.2 Å². The average molecular weight is 386 g/mol. The highest BCUT2D eigenvalue weighted by molar-refractivity contribution is 8.01. The number of carbonyl (C=O) groups excluding carboxylic acids is 1. The quantitative estimate of drug-likeness (QED) is 0.570. The molecule has 1 N–H and O–H groups in total. The van der Waals surface area contributed by atoms with Gasteiger partial charge in [0.25, 0.3) is 0 Å². The number of hydrogen-bond donors (Lipinski definition) is 1. The highest BCUT2D eigenvalue weighted by atomic mass is 32.2. The third kappa shape index (κ3) is 6.25. The molecule has 5 nitrogen and oxygen atoms in total. The molecular weight excluding hydrogens is 366 g/mol. The molecule has 1 aromatic heterocycles. The second-order valence-electron chi connectivity index (χ2n) is 5.56. The van der Waals surface area contributed by atoms with E-state index in [2.05, 4.69) is 27.6 Å². The highest BCUT2D eigenvalue weighted by Gasteiger charge is 2.05. The first kappa shape index (κ1) is 18.6. The summed E-state index contributed by atoms with van der Waals surface area (Å²) in [6.07, 6.45) is 0. The predicted molar refractivity (Wildman–Crippen MR) is 104 cm³/mol. The molecule has 0 aliphatic heterocycles. The van der Waals surface area contributed by atoms with Crippen molar-refractivity contribution < 1.29 is 9.53 Å². The van der Waals surface area contributed by atoms with Gasteiger partial charge in [-0.1, -0.05) is 77.7 Å². The number of thioether (sulfide) groups is 1. The molecule has 7 heteroatoms. The fraction of sp³-hybridized carbons (Fsp3) is 0.211. The summed E-state index contributed by atoms with van der Waals surface area (Å²) in [6.45, 7) is 1.69. The Morgan fingerprint density at radius 1 is 1.00 bits per heavy atom. The van der Waals surface area contributed by atoms with E-state index in [0.29, 0.717) is 25.5 Å². The number of ether oxygens (including phenoxy) is 1. The normalized spacial score (nSPS) is 10.6. The van der Waals surface area contributed by atoms with Gasteiger partial charge in [-0.25, -0.2) is 0 Å². The third-order valence-corrected chi connectivity index (χ3v) is 5.42. The summed E-state index contributed by atoms with van der Waals surface area (Å²) >= 11 is 2.83. The Balaban J connectivity index is 1.36. The van der Waals surface area contributed by atoms with E-state index in [1.807, 2.05) is 42.5 Å². The minimum absolute atomic E-state index is 0.0135. The number of rotatable bonds is 9. The maximum Gasteiger partial charge on any atom is 0.230 e. The van der Waals surface area contributed by atoms with Gasteiger partial charge in [0.15, 0.2) is 4.34 Å². The lowest BCUT2D eigenvalue weighted by molar-refractivity contribution is -0.118. The second-order valence-corrected chi connectivity index (χ2v) is 7.62. The van der Waals surface area contributed by atoms with Gasteiger partial charge < -0.3 is 10.1 Å². The van der Waals surface area contributed by atoms with Crippen LogP contribution in [0.15, 0.2) is 64.4 Å². The van der Waals surface area contributed by atoms with Crippen LogP contribution in [-0.4, -0.2) is 21.9 Å². The van der Waals surface area contributed by atoms with Crippen molar-refractivity contribution in [1.29, 1.82) is 0 Å². The highest BCUT2D eigenvalue weighted by Crippen LogP contribution is 2.18. The van der Waals surface area contributed by atoms with Crippen molar-refractivity contribution in [2.45, 2.75) is 24.1 Å². The first-order valence-electron chi connectivity index (χ1n) is 8.15. The number of carbonyl (C=O) groups is 1. The van der Waals surface area contributed by atoms with Crippen molar-refractivity contribution in [2.24, 2.45) is 0 Å². The van der Waals surface area contributed by atoms with Crippen LogP contribution in [0.2, 0.25) is 0 Å². The molecule has 3 rings (SSSR count). The van der Waals surface area contributed by atoms with E-state index in [4.69, 9.17) is 4.74 Å². The number of amides is 1. The van der Waals surface area contributed by atoms with Crippen molar-refractivity contribution in [3.8, 4) is 0 Å². The topological polar surface area (TPSA) is 64.1 Å². The standard InChI is InChI=1S/C19H19N3O2S2/c23-18(13-25-19-22-21-14-26-19)20-10-15-6-8-17(9-7-15)12-24-11-16-4-2-1-3-5-16/h1-9,14H,10-13H2,(H,20,23). The van der Waals surface area contributed by atoms with Gasteiger partial charge in [-0.2, -0.15) is 0 Å². The van der Waals surface area contributed by atoms with Crippen molar-refractivity contribution in [2.75, 3.05) is 5.75 Å². The molecule has 2 aromatic carbocycles. The SMILES string of the molecule is O=C(CSc1nncs1)NCc1ccc(COCc2ccccc2)cc1. The first-order valence-corrected chi connectivity index (χ1v) is 10.0. The van der Waals surface area contributed by atoms with Crippen molar-refractivity contribution >= 4 is 29.0 Å². The second kappa shape index (κ2) is 10.1. The Labute approximate surface area is 160 Å².